The first-order valence-corrected chi connectivity index (χ1v) is 7.02. The molecule has 2 aromatic rings. The molecule has 4 nitrogen and oxygen atoms in total. The van der Waals surface area contributed by atoms with Gasteiger partial charge in [0.25, 0.3) is 0 Å². The van der Waals surface area contributed by atoms with E-state index in [4.69, 9.17) is 0 Å². The lowest BCUT2D eigenvalue weighted by molar-refractivity contribution is 0.628. The topological polar surface area (TPSA) is 44.0 Å². The zero-order chi connectivity index (χ0) is 13.9. The van der Waals surface area contributed by atoms with E-state index in [1.54, 1.807) is 12.1 Å². The maximum Gasteiger partial charge on any atom is 0.153 e. The molecule has 5 heteroatoms. The van der Waals surface area contributed by atoms with E-state index in [-0.39, 0.29) is 5.82 Å². The molecule has 1 aromatic heterocycles. The van der Waals surface area contributed by atoms with Crippen molar-refractivity contribution in [2.75, 3.05) is 31.1 Å². The average Bonchev–Trinajstić information content (AvgIpc) is 2.67. The van der Waals surface area contributed by atoms with Crippen LogP contribution in [0, 0.1) is 12.7 Å². The summed E-state index contributed by atoms with van der Waals surface area (Å²) in [5.41, 5.74) is 3.06. The predicted octanol–water partition coefficient (Wildman–Crippen LogP) is 2.32. The van der Waals surface area contributed by atoms with Crippen molar-refractivity contribution >= 4 is 5.82 Å². The minimum Gasteiger partial charge on any atom is -0.354 e. The van der Waals surface area contributed by atoms with Gasteiger partial charge in [0.2, 0.25) is 0 Å². The van der Waals surface area contributed by atoms with Crippen LogP contribution in [0.5, 0.6) is 0 Å². The van der Waals surface area contributed by atoms with Gasteiger partial charge in [-0.05, 0) is 44.2 Å². The summed E-state index contributed by atoms with van der Waals surface area (Å²) in [4.78, 5) is 2.30. The lowest BCUT2D eigenvalue weighted by Gasteiger charge is -2.20. The Labute approximate surface area is 118 Å². The van der Waals surface area contributed by atoms with Crippen molar-refractivity contribution in [2.24, 2.45) is 0 Å². The van der Waals surface area contributed by atoms with Crippen LogP contribution in [0.3, 0.4) is 0 Å². The molecule has 1 aliphatic heterocycles. The summed E-state index contributed by atoms with van der Waals surface area (Å²) >= 11 is 0. The minimum atomic E-state index is -0.218. The number of aromatic amines is 1. The van der Waals surface area contributed by atoms with E-state index in [1.165, 1.54) is 12.1 Å². The Morgan fingerprint density at radius 3 is 2.75 bits per heavy atom. The molecule has 2 N–H and O–H groups in total. The fourth-order valence-electron chi connectivity index (χ4n) is 2.65. The van der Waals surface area contributed by atoms with E-state index in [9.17, 15) is 4.39 Å². The molecule has 0 atom stereocenters. The van der Waals surface area contributed by atoms with E-state index in [1.807, 2.05) is 0 Å². The van der Waals surface area contributed by atoms with Crippen molar-refractivity contribution in [1.82, 2.24) is 15.5 Å². The monoisotopic (exact) mass is 274 g/mol. The highest BCUT2D eigenvalue weighted by Crippen LogP contribution is 2.28. The van der Waals surface area contributed by atoms with Crippen molar-refractivity contribution in [3.8, 4) is 11.3 Å². The molecule has 0 amide bonds. The summed E-state index contributed by atoms with van der Waals surface area (Å²) in [6.45, 7) is 6.09. The SMILES string of the molecule is Cc1c(N2CCCNCC2)n[nH]c1-c1ccc(F)cc1. The van der Waals surface area contributed by atoms with Crippen molar-refractivity contribution in [3.63, 3.8) is 0 Å². The number of anilines is 1. The molecule has 1 saturated heterocycles. The molecule has 1 aromatic carbocycles. The minimum absolute atomic E-state index is 0.218. The number of halogens is 1. The quantitative estimate of drug-likeness (QED) is 0.883. The highest BCUT2D eigenvalue weighted by atomic mass is 19.1. The molecule has 0 saturated carbocycles. The number of H-pyrrole nitrogens is 1. The van der Waals surface area contributed by atoms with Crippen LogP contribution in [-0.4, -0.2) is 36.4 Å². The molecule has 2 heterocycles. The molecular weight excluding hydrogens is 255 g/mol. The van der Waals surface area contributed by atoms with Crippen LogP contribution in [0.25, 0.3) is 11.3 Å². The number of rotatable bonds is 2. The maximum atomic E-state index is 13.0. The van der Waals surface area contributed by atoms with Gasteiger partial charge in [0.05, 0.1) is 5.69 Å². The van der Waals surface area contributed by atoms with Crippen LogP contribution in [-0.2, 0) is 0 Å². The van der Waals surface area contributed by atoms with Gasteiger partial charge in [-0.1, -0.05) is 0 Å². The molecule has 0 radical (unpaired) electrons. The second kappa shape index (κ2) is 5.63. The number of aromatic nitrogens is 2. The number of hydrogen-bond donors (Lipinski definition) is 2. The van der Waals surface area contributed by atoms with Crippen molar-refractivity contribution in [3.05, 3.63) is 35.6 Å². The Morgan fingerprint density at radius 2 is 1.95 bits per heavy atom. The van der Waals surface area contributed by atoms with Crippen LogP contribution in [0.4, 0.5) is 10.2 Å². The molecule has 1 aliphatic rings. The van der Waals surface area contributed by atoms with E-state index in [2.05, 4.69) is 27.3 Å². The van der Waals surface area contributed by atoms with Crippen LogP contribution in [0.1, 0.15) is 12.0 Å². The number of hydrogen-bond acceptors (Lipinski definition) is 3. The highest BCUT2D eigenvalue weighted by Gasteiger charge is 2.17. The maximum absolute atomic E-state index is 13.0. The predicted molar refractivity (Wildman–Crippen MR) is 78.4 cm³/mol. The van der Waals surface area contributed by atoms with Crippen molar-refractivity contribution in [2.45, 2.75) is 13.3 Å². The zero-order valence-corrected chi connectivity index (χ0v) is 11.6. The second-order valence-corrected chi connectivity index (χ2v) is 5.14. The zero-order valence-electron chi connectivity index (χ0n) is 11.6. The number of benzene rings is 1. The third kappa shape index (κ3) is 2.54. The summed E-state index contributed by atoms with van der Waals surface area (Å²) in [6, 6.07) is 6.52. The van der Waals surface area contributed by atoms with E-state index in [0.717, 1.165) is 55.2 Å². The molecule has 0 unspecified atom stereocenters. The normalized spacial score (nSPS) is 16.2. The summed E-state index contributed by atoms with van der Waals surface area (Å²) in [6.07, 6.45) is 1.12. The summed E-state index contributed by atoms with van der Waals surface area (Å²) in [7, 11) is 0. The Morgan fingerprint density at radius 1 is 1.15 bits per heavy atom. The fraction of sp³-hybridized carbons (Fsp3) is 0.400. The first kappa shape index (κ1) is 13.1. The molecular formula is C15H19FN4. The smallest absolute Gasteiger partial charge is 0.153 e. The standard InChI is InChI=1S/C15H19FN4/c1-11-14(12-3-5-13(16)6-4-12)18-19-15(11)20-9-2-7-17-8-10-20/h3-6,17H,2,7-10H2,1H3,(H,18,19). The Balaban J connectivity index is 1.89. The number of nitrogens with one attached hydrogen (secondary N) is 2. The third-order valence-corrected chi connectivity index (χ3v) is 3.76. The molecule has 0 bridgehead atoms. The fourth-order valence-corrected chi connectivity index (χ4v) is 2.65. The van der Waals surface area contributed by atoms with Gasteiger partial charge < -0.3 is 10.2 Å². The van der Waals surface area contributed by atoms with Crippen LogP contribution in [0.15, 0.2) is 24.3 Å². The lowest BCUT2D eigenvalue weighted by Crippen LogP contribution is -2.28. The summed E-state index contributed by atoms with van der Waals surface area (Å²) in [5.74, 6) is 0.790. The molecule has 20 heavy (non-hydrogen) atoms. The molecule has 0 aliphatic carbocycles. The lowest BCUT2D eigenvalue weighted by atomic mass is 10.1. The summed E-state index contributed by atoms with van der Waals surface area (Å²) in [5, 5.41) is 10.9. The van der Waals surface area contributed by atoms with Gasteiger partial charge in [-0.2, -0.15) is 5.10 Å². The average molecular weight is 274 g/mol. The Kier molecular flexibility index (Phi) is 3.69. The van der Waals surface area contributed by atoms with Gasteiger partial charge in [-0.3, -0.25) is 5.10 Å². The molecule has 1 fully saturated rings. The first-order valence-electron chi connectivity index (χ1n) is 7.02. The second-order valence-electron chi connectivity index (χ2n) is 5.14. The molecule has 106 valence electrons. The van der Waals surface area contributed by atoms with Crippen LogP contribution < -0.4 is 10.2 Å². The van der Waals surface area contributed by atoms with Gasteiger partial charge in [0.15, 0.2) is 5.82 Å². The summed E-state index contributed by atoms with van der Waals surface area (Å²) < 4.78 is 13.0. The Hall–Kier alpha value is -1.88. The molecule has 0 spiro atoms. The molecule has 3 rings (SSSR count). The van der Waals surface area contributed by atoms with E-state index in [0.29, 0.717) is 0 Å². The highest BCUT2D eigenvalue weighted by molar-refractivity contribution is 5.69. The largest absolute Gasteiger partial charge is 0.354 e. The van der Waals surface area contributed by atoms with Gasteiger partial charge in [-0.25, -0.2) is 4.39 Å². The van der Waals surface area contributed by atoms with Crippen LogP contribution in [0.2, 0.25) is 0 Å². The van der Waals surface area contributed by atoms with Gasteiger partial charge >= 0.3 is 0 Å². The first-order chi connectivity index (χ1) is 9.75. The van der Waals surface area contributed by atoms with Gasteiger partial charge in [-0.15, -0.1) is 0 Å². The van der Waals surface area contributed by atoms with Gasteiger partial charge in [0, 0.05) is 30.8 Å². The van der Waals surface area contributed by atoms with Crippen LogP contribution >= 0.6 is 0 Å². The van der Waals surface area contributed by atoms with E-state index < -0.39 is 0 Å². The van der Waals surface area contributed by atoms with E-state index >= 15 is 0 Å². The van der Waals surface area contributed by atoms with Crippen molar-refractivity contribution in [1.29, 1.82) is 0 Å². The van der Waals surface area contributed by atoms with Crippen molar-refractivity contribution < 1.29 is 4.39 Å². The third-order valence-electron chi connectivity index (χ3n) is 3.76. The van der Waals surface area contributed by atoms with Gasteiger partial charge in [0.1, 0.15) is 5.82 Å². The Bertz CT molecular complexity index is 568. The number of nitrogens with zero attached hydrogens (tertiary/aromatic N) is 2.